The predicted molar refractivity (Wildman–Crippen MR) is 110 cm³/mol. The van der Waals surface area contributed by atoms with Gasteiger partial charge >= 0.3 is 11.9 Å². The zero-order valence-electron chi connectivity index (χ0n) is 15.1. The summed E-state index contributed by atoms with van der Waals surface area (Å²) in [5, 5.41) is 0.616. The molecular formula is C21H16BrNO5. The number of carbonyl (C=O) groups is 2. The molecule has 1 heterocycles. The van der Waals surface area contributed by atoms with Crippen LogP contribution in [0.25, 0.3) is 23.1 Å². The minimum atomic E-state index is -0.541. The van der Waals surface area contributed by atoms with Crippen molar-refractivity contribution in [2.24, 2.45) is 0 Å². The molecule has 1 aromatic heterocycles. The van der Waals surface area contributed by atoms with E-state index < -0.39 is 11.9 Å². The zero-order valence-corrected chi connectivity index (χ0v) is 16.7. The fourth-order valence-electron chi connectivity index (χ4n) is 2.65. The van der Waals surface area contributed by atoms with E-state index >= 15 is 0 Å². The second-order valence-corrected chi connectivity index (χ2v) is 6.84. The van der Waals surface area contributed by atoms with E-state index in [9.17, 15) is 14.4 Å². The molecule has 3 aromatic rings. The second-order valence-electron chi connectivity index (χ2n) is 5.99. The summed E-state index contributed by atoms with van der Waals surface area (Å²) in [4.78, 5) is 38.1. The van der Waals surface area contributed by atoms with Crippen molar-refractivity contribution in [3.05, 3.63) is 68.4 Å². The average Bonchev–Trinajstić information content (AvgIpc) is 2.62. The SMILES string of the molecule is CC(=O)Oc1cc(/C=C/c2cc(=O)c3ccccc3[nH]2)cc(Br)c1OC(C)=O. The van der Waals surface area contributed by atoms with E-state index in [1.165, 1.54) is 19.9 Å². The Morgan fingerprint density at radius 3 is 2.43 bits per heavy atom. The van der Waals surface area contributed by atoms with Crippen molar-refractivity contribution in [3.8, 4) is 11.5 Å². The minimum absolute atomic E-state index is 0.0824. The largest absolute Gasteiger partial charge is 0.423 e. The Morgan fingerprint density at radius 2 is 1.71 bits per heavy atom. The molecule has 6 nitrogen and oxygen atoms in total. The molecule has 0 amide bonds. The highest BCUT2D eigenvalue weighted by atomic mass is 79.9. The molecule has 142 valence electrons. The molecule has 0 aliphatic rings. The Bertz CT molecular complexity index is 1160. The maximum atomic E-state index is 12.2. The quantitative estimate of drug-likeness (QED) is 0.481. The first-order valence-electron chi connectivity index (χ1n) is 8.34. The molecule has 0 aliphatic heterocycles. The molecular weight excluding hydrogens is 426 g/mol. The molecule has 0 saturated carbocycles. The number of carbonyl (C=O) groups excluding carboxylic acids is 2. The number of nitrogens with one attached hydrogen (secondary N) is 1. The summed E-state index contributed by atoms with van der Waals surface area (Å²) in [6.45, 7) is 2.52. The molecule has 0 unspecified atom stereocenters. The first-order valence-corrected chi connectivity index (χ1v) is 9.13. The van der Waals surface area contributed by atoms with Crippen LogP contribution in [0.1, 0.15) is 25.1 Å². The second kappa shape index (κ2) is 8.22. The smallest absolute Gasteiger partial charge is 0.308 e. The van der Waals surface area contributed by atoms with Gasteiger partial charge in [-0.05, 0) is 51.8 Å². The van der Waals surface area contributed by atoms with Gasteiger partial charge in [0.15, 0.2) is 16.9 Å². The molecule has 2 aromatic carbocycles. The molecule has 0 aliphatic carbocycles. The Hall–Kier alpha value is -3.19. The van der Waals surface area contributed by atoms with Gasteiger partial charge in [0, 0.05) is 36.5 Å². The van der Waals surface area contributed by atoms with Crippen molar-refractivity contribution >= 4 is 50.9 Å². The van der Waals surface area contributed by atoms with Gasteiger partial charge < -0.3 is 14.5 Å². The lowest BCUT2D eigenvalue weighted by Gasteiger charge is -2.11. The average molecular weight is 442 g/mol. The van der Waals surface area contributed by atoms with Crippen molar-refractivity contribution in [1.82, 2.24) is 4.98 Å². The Kier molecular flexibility index (Phi) is 5.75. The van der Waals surface area contributed by atoms with Gasteiger partial charge in [-0.25, -0.2) is 0 Å². The van der Waals surface area contributed by atoms with Crippen LogP contribution in [0.2, 0.25) is 0 Å². The normalized spacial score (nSPS) is 11.0. The van der Waals surface area contributed by atoms with Crippen LogP contribution in [0, 0.1) is 0 Å². The topological polar surface area (TPSA) is 85.5 Å². The molecule has 7 heteroatoms. The summed E-state index contributed by atoms with van der Waals surface area (Å²) in [5.74, 6) is -0.839. The lowest BCUT2D eigenvalue weighted by Crippen LogP contribution is -2.08. The molecule has 0 bridgehead atoms. The number of pyridine rings is 1. The van der Waals surface area contributed by atoms with Crippen LogP contribution < -0.4 is 14.9 Å². The van der Waals surface area contributed by atoms with Crippen LogP contribution in [0.4, 0.5) is 0 Å². The molecule has 0 atom stereocenters. The fraction of sp³-hybridized carbons (Fsp3) is 0.0952. The molecule has 0 saturated heterocycles. The summed E-state index contributed by atoms with van der Waals surface area (Å²) < 4.78 is 10.7. The number of benzene rings is 2. The first-order chi connectivity index (χ1) is 13.3. The molecule has 0 fully saturated rings. The van der Waals surface area contributed by atoms with Crippen LogP contribution >= 0.6 is 15.9 Å². The highest BCUT2D eigenvalue weighted by molar-refractivity contribution is 9.10. The lowest BCUT2D eigenvalue weighted by molar-refractivity contribution is -0.134. The van der Waals surface area contributed by atoms with Crippen LogP contribution in [0.5, 0.6) is 11.5 Å². The van der Waals surface area contributed by atoms with Crippen LogP contribution in [0.15, 0.2) is 51.7 Å². The van der Waals surface area contributed by atoms with E-state index in [1.54, 1.807) is 30.4 Å². The zero-order chi connectivity index (χ0) is 20.3. The summed E-state index contributed by atoms with van der Waals surface area (Å²) in [6.07, 6.45) is 3.48. The van der Waals surface area contributed by atoms with Crippen LogP contribution in [-0.4, -0.2) is 16.9 Å². The lowest BCUT2D eigenvalue weighted by atomic mass is 10.1. The summed E-state index contributed by atoms with van der Waals surface area (Å²) in [5.41, 5.74) is 1.95. The van der Waals surface area contributed by atoms with Gasteiger partial charge in [-0.15, -0.1) is 0 Å². The Labute approximate surface area is 168 Å². The van der Waals surface area contributed by atoms with Gasteiger partial charge in [0.25, 0.3) is 0 Å². The number of hydrogen-bond donors (Lipinski definition) is 1. The molecule has 0 radical (unpaired) electrons. The summed E-state index contributed by atoms with van der Waals surface area (Å²) >= 11 is 3.33. The number of ether oxygens (including phenoxy) is 2. The van der Waals surface area contributed by atoms with Gasteiger partial charge in [-0.1, -0.05) is 18.2 Å². The van der Waals surface area contributed by atoms with Gasteiger partial charge in [0.1, 0.15) is 0 Å². The standard InChI is InChI=1S/C21H16BrNO5/c1-12(24)27-20-10-14(9-17(22)21(20)28-13(2)25)7-8-15-11-19(26)16-5-3-4-6-18(16)23-15/h3-11H,1-2H3,(H,23,26)/b8-7+. The monoisotopic (exact) mass is 441 g/mol. The van der Waals surface area contributed by atoms with E-state index in [0.717, 1.165) is 5.52 Å². The van der Waals surface area contributed by atoms with Crippen molar-refractivity contribution in [1.29, 1.82) is 0 Å². The van der Waals surface area contributed by atoms with E-state index in [2.05, 4.69) is 20.9 Å². The van der Waals surface area contributed by atoms with Gasteiger partial charge in [-0.3, -0.25) is 14.4 Å². The number of rotatable bonds is 4. The van der Waals surface area contributed by atoms with Crippen LogP contribution in [0.3, 0.4) is 0 Å². The van der Waals surface area contributed by atoms with Gasteiger partial charge in [-0.2, -0.15) is 0 Å². The number of aromatic nitrogens is 1. The highest BCUT2D eigenvalue weighted by Gasteiger charge is 2.15. The van der Waals surface area contributed by atoms with Crippen molar-refractivity contribution in [2.45, 2.75) is 13.8 Å². The maximum absolute atomic E-state index is 12.2. The summed E-state index contributed by atoms with van der Waals surface area (Å²) in [7, 11) is 0. The van der Waals surface area contributed by atoms with Crippen molar-refractivity contribution in [3.63, 3.8) is 0 Å². The Balaban J connectivity index is 1.99. The number of aromatic amines is 1. The highest BCUT2D eigenvalue weighted by Crippen LogP contribution is 2.37. The van der Waals surface area contributed by atoms with E-state index in [-0.39, 0.29) is 16.9 Å². The third-order valence-corrected chi connectivity index (χ3v) is 4.33. The minimum Gasteiger partial charge on any atom is -0.423 e. The molecule has 28 heavy (non-hydrogen) atoms. The number of fused-ring (bicyclic) bond motifs is 1. The molecule has 0 spiro atoms. The number of hydrogen-bond acceptors (Lipinski definition) is 5. The molecule has 3 rings (SSSR count). The van der Waals surface area contributed by atoms with Gasteiger partial charge in [0.2, 0.25) is 0 Å². The molecule has 1 N–H and O–H groups in total. The number of para-hydroxylation sites is 1. The number of halogens is 1. The van der Waals surface area contributed by atoms with E-state index in [4.69, 9.17) is 9.47 Å². The first kappa shape index (κ1) is 19.6. The number of H-pyrrole nitrogens is 1. The van der Waals surface area contributed by atoms with Crippen LogP contribution in [-0.2, 0) is 9.59 Å². The fourth-order valence-corrected chi connectivity index (χ4v) is 3.19. The number of esters is 2. The predicted octanol–water partition coefficient (Wildman–Crippen LogP) is 4.31. The van der Waals surface area contributed by atoms with Crippen molar-refractivity contribution < 1.29 is 19.1 Å². The van der Waals surface area contributed by atoms with Crippen molar-refractivity contribution in [2.75, 3.05) is 0 Å². The van der Waals surface area contributed by atoms with E-state index in [0.29, 0.717) is 21.1 Å². The van der Waals surface area contributed by atoms with E-state index in [1.807, 2.05) is 18.2 Å². The maximum Gasteiger partial charge on any atom is 0.308 e. The third kappa shape index (κ3) is 4.55. The third-order valence-electron chi connectivity index (χ3n) is 3.74. The Morgan fingerprint density at radius 1 is 1.00 bits per heavy atom. The van der Waals surface area contributed by atoms with Gasteiger partial charge in [0.05, 0.1) is 4.47 Å². The summed E-state index contributed by atoms with van der Waals surface area (Å²) in [6, 6.07) is 12.0.